The minimum atomic E-state index is 0.599. The van der Waals surface area contributed by atoms with E-state index in [4.69, 9.17) is 9.47 Å². The quantitative estimate of drug-likeness (QED) is 0.350. The number of nitrogens with one attached hydrogen (secondary N) is 3. The number of hydrogen-bond donors (Lipinski definition) is 3. The van der Waals surface area contributed by atoms with Crippen molar-refractivity contribution in [2.75, 3.05) is 46.6 Å². The zero-order chi connectivity index (χ0) is 17.9. The van der Waals surface area contributed by atoms with Gasteiger partial charge in [0.1, 0.15) is 0 Å². The molecular formula is C19H30N4O2. The average molecular weight is 346 g/mol. The SMILES string of the molecule is CCNC(=NCCOCCOC)NCCc1c[nH]c2cc(C)ccc12. The molecule has 1 aromatic carbocycles. The predicted octanol–water partition coefficient (Wildman–Crippen LogP) is 2.24. The summed E-state index contributed by atoms with van der Waals surface area (Å²) in [5, 5.41) is 7.93. The van der Waals surface area contributed by atoms with Crippen molar-refractivity contribution in [2.45, 2.75) is 20.3 Å². The zero-order valence-corrected chi connectivity index (χ0v) is 15.5. The number of fused-ring (bicyclic) bond motifs is 1. The number of aryl methyl sites for hydroxylation is 1. The van der Waals surface area contributed by atoms with Gasteiger partial charge in [0, 0.05) is 37.3 Å². The summed E-state index contributed by atoms with van der Waals surface area (Å²) in [6.07, 6.45) is 3.04. The number of aromatic nitrogens is 1. The fourth-order valence-corrected chi connectivity index (χ4v) is 2.63. The van der Waals surface area contributed by atoms with Crippen LogP contribution < -0.4 is 10.6 Å². The Morgan fingerprint density at radius 2 is 2.08 bits per heavy atom. The number of guanidine groups is 1. The van der Waals surface area contributed by atoms with Gasteiger partial charge in [0.25, 0.3) is 0 Å². The van der Waals surface area contributed by atoms with Crippen LogP contribution in [-0.4, -0.2) is 57.5 Å². The first-order valence-corrected chi connectivity index (χ1v) is 8.90. The molecule has 1 heterocycles. The summed E-state index contributed by atoms with van der Waals surface area (Å²) >= 11 is 0. The molecule has 0 fully saturated rings. The lowest BCUT2D eigenvalue weighted by molar-refractivity contribution is 0.0748. The van der Waals surface area contributed by atoms with Crippen molar-refractivity contribution in [3.63, 3.8) is 0 Å². The van der Waals surface area contributed by atoms with E-state index in [9.17, 15) is 0 Å². The van der Waals surface area contributed by atoms with Crippen molar-refractivity contribution in [2.24, 2.45) is 4.99 Å². The maximum absolute atomic E-state index is 5.43. The van der Waals surface area contributed by atoms with Crippen LogP contribution in [0.4, 0.5) is 0 Å². The lowest BCUT2D eigenvalue weighted by atomic mass is 10.1. The number of methoxy groups -OCH3 is 1. The zero-order valence-electron chi connectivity index (χ0n) is 15.5. The Bertz CT molecular complexity index is 666. The summed E-state index contributed by atoms with van der Waals surface area (Å²) in [5.74, 6) is 0.827. The van der Waals surface area contributed by atoms with Gasteiger partial charge in [-0.3, -0.25) is 4.99 Å². The van der Waals surface area contributed by atoms with E-state index >= 15 is 0 Å². The second-order valence-corrected chi connectivity index (χ2v) is 5.91. The Morgan fingerprint density at radius 3 is 2.88 bits per heavy atom. The molecule has 0 bridgehead atoms. The van der Waals surface area contributed by atoms with Crippen LogP contribution in [0.25, 0.3) is 10.9 Å². The van der Waals surface area contributed by atoms with Crippen LogP contribution in [0.15, 0.2) is 29.4 Å². The first-order chi connectivity index (χ1) is 12.2. The van der Waals surface area contributed by atoms with E-state index in [2.05, 4.69) is 58.9 Å². The lowest BCUT2D eigenvalue weighted by Crippen LogP contribution is -2.38. The topological polar surface area (TPSA) is 70.7 Å². The van der Waals surface area contributed by atoms with Crippen molar-refractivity contribution in [3.8, 4) is 0 Å². The molecule has 2 rings (SSSR count). The summed E-state index contributed by atoms with van der Waals surface area (Å²) in [4.78, 5) is 7.88. The van der Waals surface area contributed by atoms with Gasteiger partial charge >= 0.3 is 0 Å². The summed E-state index contributed by atoms with van der Waals surface area (Å²) in [6.45, 7) is 8.29. The van der Waals surface area contributed by atoms with Crippen LogP contribution in [0.5, 0.6) is 0 Å². The number of benzene rings is 1. The number of rotatable bonds is 10. The molecule has 2 aromatic rings. The normalized spacial score (nSPS) is 11.9. The van der Waals surface area contributed by atoms with E-state index in [1.54, 1.807) is 7.11 Å². The highest BCUT2D eigenvalue weighted by atomic mass is 16.5. The molecule has 0 saturated heterocycles. The van der Waals surface area contributed by atoms with Crippen LogP contribution in [0.3, 0.4) is 0 Å². The number of nitrogens with zero attached hydrogens (tertiary/aromatic N) is 1. The van der Waals surface area contributed by atoms with E-state index in [0.717, 1.165) is 25.5 Å². The fourth-order valence-electron chi connectivity index (χ4n) is 2.63. The third-order valence-electron chi connectivity index (χ3n) is 3.89. The third kappa shape index (κ3) is 6.40. The maximum Gasteiger partial charge on any atom is 0.191 e. The Kier molecular flexibility index (Phi) is 8.28. The van der Waals surface area contributed by atoms with Gasteiger partial charge in [-0.15, -0.1) is 0 Å². The molecule has 0 radical (unpaired) electrons. The molecule has 3 N–H and O–H groups in total. The van der Waals surface area contributed by atoms with Crippen LogP contribution in [0.1, 0.15) is 18.1 Å². The van der Waals surface area contributed by atoms with Crippen molar-refractivity contribution in [3.05, 3.63) is 35.5 Å². The minimum Gasteiger partial charge on any atom is -0.382 e. The number of ether oxygens (including phenoxy) is 2. The number of H-pyrrole nitrogens is 1. The van der Waals surface area contributed by atoms with Crippen molar-refractivity contribution < 1.29 is 9.47 Å². The summed E-state index contributed by atoms with van der Waals surface area (Å²) < 4.78 is 10.4. The Hall–Kier alpha value is -2.05. The highest BCUT2D eigenvalue weighted by molar-refractivity contribution is 5.84. The van der Waals surface area contributed by atoms with Gasteiger partial charge in [0.2, 0.25) is 0 Å². The first-order valence-electron chi connectivity index (χ1n) is 8.90. The number of aliphatic imine (C=N–C) groups is 1. The van der Waals surface area contributed by atoms with Crippen LogP contribution in [0, 0.1) is 6.92 Å². The van der Waals surface area contributed by atoms with Crippen molar-refractivity contribution >= 4 is 16.9 Å². The Balaban J connectivity index is 1.79. The largest absolute Gasteiger partial charge is 0.382 e. The van der Waals surface area contributed by atoms with E-state index < -0.39 is 0 Å². The van der Waals surface area contributed by atoms with Gasteiger partial charge < -0.3 is 25.1 Å². The van der Waals surface area contributed by atoms with Crippen molar-refractivity contribution in [1.29, 1.82) is 0 Å². The average Bonchev–Trinajstić information content (AvgIpc) is 3.00. The molecule has 0 aliphatic carbocycles. The monoisotopic (exact) mass is 346 g/mol. The van der Waals surface area contributed by atoms with Gasteiger partial charge in [-0.1, -0.05) is 12.1 Å². The smallest absolute Gasteiger partial charge is 0.191 e. The molecule has 6 nitrogen and oxygen atoms in total. The fraction of sp³-hybridized carbons (Fsp3) is 0.526. The van der Waals surface area contributed by atoms with E-state index in [-0.39, 0.29) is 0 Å². The predicted molar refractivity (Wildman–Crippen MR) is 103 cm³/mol. The van der Waals surface area contributed by atoms with Gasteiger partial charge in [-0.25, -0.2) is 0 Å². The second-order valence-electron chi connectivity index (χ2n) is 5.91. The molecule has 25 heavy (non-hydrogen) atoms. The molecule has 0 amide bonds. The molecule has 0 atom stereocenters. The van der Waals surface area contributed by atoms with Crippen LogP contribution in [-0.2, 0) is 15.9 Å². The molecule has 138 valence electrons. The highest BCUT2D eigenvalue weighted by Gasteiger charge is 2.04. The van der Waals surface area contributed by atoms with Gasteiger partial charge in [0.15, 0.2) is 5.96 Å². The molecule has 0 spiro atoms. The molecular weight excluding hydrogens is 316 g/mol. The second kappa shape index (κ2) is 10.7. The van der Waals surface area contributed by atoms with Gasteiger partial charge in [-0.05, 0) is 37.5 Å². The van der Waals surface area contributed by atoms with E-state index in [0.29, 0.717) is 26.4 Å². The Labute approximate surface area is 150 Å². The minimum absolute atomic E-state index is 0.599. The summed E-state index contributed by atoms with van der Waals surface area (Å²) in [6, 6.07) is 6.52. The Morgan fingerprint density at radius 1 is 1.20 bits per heavy atom. The van der Waals surface area contributed by atoms with Crippen molar-refractivity contribution in [1.82, 2.24) is 15.6 Å². The van der Waals surface area contributed by atoms with E-state index in [1.807, 2.05) is 0 Å². The molecule has 6 heteroatoms. The highest BCUT2D eigenvalue weighted by Crippen LogP contribution is 2.19. The standard InChI is InChI=1S/C19H30N4O2/c1-4-20-19(22-9-10-25-12-11-24-3)21-8-7-16-14-23-18-13-15(2)5-6-17(16)18/h5-6,13-14,23H,4,7-12H2,1-3H3,(H2,20,21,22). The third-order valence-corrected chi connectivity index (χ3v) is 3.89. The molecule has 0 aliphatic rings. The summed E-state index contributed by atoms with van der Waals surface area (Å²) in [7, 11) is 1.67. The molecule has 0 aliphatic heterocycles. The molecule has 0 unspecified atom stereocenters. The van der Waals surface area contributed by atoms with E-state index in [1.165, 1.54) is 22.0 Å². The maximum atomic E-state index is 5.43. The first kappa shape index (κ1) is 19.3. The molecule has 0 saturated carbocycles. The number of hydrogen-bond acceptors (Lipinski definition) is 3. The van der Waals surface area contributed by atoms with Gasteiger partial charge in [-0.2, -0.15) is 0 Å². The van der Waals surface area contributed by atoms with Crippen LogP contribution >= 0.6 is 0 Å². The van der Waals surface area contributed by atoms with Gasteiger partial charge in [0.05, 0.1) is 26.4 Å². The summed E-state index contributed by atoms with van der Waals surface area (Å²) in [5.41, 5.74) is 3.79. The lowest BCUT2D eigenvalue weighted by Gasteiger charge is -2.11. The molecule has 1 aromatic heterocycles. The number of aromatic amines is 1. The van der Waals surface area contributed by atoms with Crippen LogP contribution in [0.2, 0.25) is 0 Å².